The highest BCUT2D eigenvalue weighted by molar-refractivity contribution is 6.00. The highest BCUT2D eigenvalue weighted by Crippen LogP contribution is 2.22. The lowest BCUT2D eigenvalue weighted by atomic mass is 10.1. The van der Waals surface area contributed by atoms with Gasteiger partial charge in [-0.25, -0.2) is 9.59 Å². The minimum atomic E-state index is -1.08. The number of esters is 1. The summed E-state index contributed by atoms with van der Waals surface area (Å²) in [5, 5.41) is 5.47. The molecule has 1 atom stereocenters. The van der Waals surface area contributed by atoms with Gasteiger partial charge < -0.3 is 15.0 Å². The molecule has 0 saturated heterocycles. The molecule has 0 aliphatic carbocycles. The van der Waals surface area contributed by atoms with Crippen LogP contribution < -0.4 is 10.6 Å². The van der Waals surface area contributed by atoms with Crippen molar-refractivity contribution in [2.75, 3.05) is 6.54 Å². The number of rotatable bonds is 4. The Labute approximate surface area is 139 Å². The number of amides is 3. The number of aromatic amines is 1. The summed E-state index contributed by atoms with van der Waals surface area (Å²) >= 11 is 0. The minimum Gasteiger partial charge on any atom is -0.449 e. The molecule has 1 unspecified atom stereocenters. The molecule has 0 fully saturated rings. The Morgan fingerprint density at radius 1 is 1.25 bits per heavy atom. The van der Waals surface area contributed by atoms with Gasteiger partial charge in [-0.2, -0.15) is 0 Å². The molecule has 7 heteroatoms. The summed E-state index contributed by atoms with van der Waals surface area (Å²) in [4.78, 5) is 38.6. The van der Waals surface area contributed by atoms with Crippen molar-refractivity contribution in [3.05, 3.63) is 35.0 Å². The number of aromatic nitrogens is 1. The molecule has 0 radical (unpaired) electrons. The number of hydrogen-bond acceptors (Lipinski definition) is 4. The predicted molar refractivity (Wildman–Crippen MR) is 89.9 cm³/mol. The Balaban J connectivity index is 2.07. The number of carbonyl (C=O) groups excluding carboxylic acids is 3. The summed E-state index contributed by atoms with van der Waals surface area (Å²) in [6.45, 7) is 7.46. The van der Waals surface area contributed by atoms with Crippen LogP contribution in [0.3, 0.4) is 0 Å². The van der Waals surface area contributed by atoms with E-state index in [1.165, 1.54) is 6.92 Å². The van der Waals surface area contributed by atoms with Crippen LogP contribution in [-0.2, 0) is 9.53 Å². The van der Waals surface area contributed by atoms with Crippen molar-refractivity contribution in [3.63, 3.8) is 0 Å². The number of aryl methyl sites for hydroxylation is 2. The predicted octanol–water partition coefficient (Wildman–Crippen LogP) is 2.18. The third-order valence-electron chi connectivity index (χ3n) is 3.77. The van der Waals surface area contributed by atoms with E-state index in [-0.39, 0.29) is 0 Å². The largest absolute Gasteiger partial charge is 0.449 e. The van der Waals surface area contributed by atoms with Crippen LogP contribution in [0.25, 0.3) is 10.9 Å². The highest BCUT2D eigenvalue weighted by atomic mass is 16.5. The van der Waals surface area contributed by atoms with Gasteiger partial charge in [-0.05, 0) is 51.5 Å². The molecule has 0 aliphatic heterocycles. The van der Waals surface area contributed by atoms with Gasteiger partial charge in [0.1, 0.15) is 0 Å². The molecule has 1 aromatic heterocycles. The van der Waals surface area contributed by atoms with Crippen LogP contribution in [-0.4, -0.2) is 35.5 Å². The smallest absolute Gasteiger partial charge is 0.338 e. The first-order valence-corrected chi connectivity index (χ1v) is 7.72. The molecule has 1 aromatic carbocycles. The Morgan fingerprint density at radius 2 is 1.96 bits per heavy atom. The van der Waals surface area contributed by atoms with Crippen LogP contribution in [0.5, 0.6) is 0 Å². The molecule has 3 amide bonds. The van der Waals surface area contributed by atoms with E-state index < -0.39 is 24.0 Å². The van der Waals surface area contributed by atoms with Gasteiger partial charge in [0.15, 0.2) is 6.10 Å². The molecule has 0 spiro atoms. The van der Waals surface area contributed by atoms with Gasteiger partial charge in [0.25, 0.3) is 5.91 Å². The highest BCUT2D eigenvalue weighted by Gasteiger charge is 2.21. The summed E-state index contributed by atoms with van der Waals surface area (Å²) in [6, 6.07) is 4.54. The quantitative estimate of drug-likeness (QED) is 0.748. The van der Waals surface area contributed by atoms with Crippen molar-refractivity contribution in [3.8, 4) is 0 Å². The van der Waals surface area contributed by atoms with Crippen molar-refractivity contribution >= 4 is 28.8 Å². The number of hydrogen-bond donors (Lipinski definition) is 3. The lowest BCUT2D eigenvalue weighted by Gasteiger charge is -2.13. The number of benzene rings is 1. The molecular weight excluding hydrogens is 310 g/mol. The van der Waals surface area contributed by atoms with Crippen molar-refractivity contribution in [1.29, 1.82) is 0 Å². The summed E-state index contributed by atoms with van der Waals surface area (Å²) < 4.78 is 5.13. The number of ether oxygens (including phenoxy) is 1. The van der Waals surface area contributed by atoms with Crippen LogP contribution in [0.4, 0.5) is 4.79 Å². The maximum absolute atomic E-state index is 12.2. The van der Waals surface area contributed by atoms with Gasteiger partial charge in [0.05, 0.1) is 5.56 Å². The third kappa shape index (κ3) is 3.73. The van der Waals surface area contributed by atoms with Crippen molar-refractivity contribution in [2.45, 2.75) is 33.8 Å². The second kappa shape index (κ2) is 7.16. The van der Waals surface area contributed by atoms with E-state index in [2.05, 4.69) is 15.6 Å². The molecule has 0 aliphatic rings. The van der Waals surface area contributed by atoms with Gasteiger partial charge in [-0.15, -0.1) is 0 Å². The van der Waals surface area contributed by atoms with Crippen molar-refractivity contribution in [2.24, 2.45) is 0 Å². The maximum Gasteiger partial charge on any atom is 0.338 e. The lowest BCUT2D eigenvalue weighted by molar-refractivity contribution is -0.127. The number of nitrogens with one attached hydrogen (secondary N) is 3. The summed E-state index contributed by atoms with van der Waals surface area (Å²) in [5.74, 6) is -1.29. The fraction of sp³-hybridized carbons (Fsp3) is 0.353. The van der Waals surface area contributed by atoms with E-state index in [1.807, 2.05) is 13.8 Å². The number of H-pyrrole nitrogens is 1. The van der Waals surface area contributed by atoms with Gasteiger partial charge in [0.2, 0.25) is 0 Å². The minimum absolute atomic E-state index is 0.349. The first kappa shape index (κ1) is 17.5. The monoisotopic (exact) mass is 331 g/mol. The fourth-order valence-corrected chi connectivity index (χ4v) is 2.29. The second-order valence-corrected chi connectivity index (χ2v) is 5.53. The summed E-state index contributed by atoms with van der Waals surface area (Å²) in [6.07, 6.45) is -1.08. The molecule has 24 heavy (non-hydrogen) atoms. The fourth-order valence-electron chi connectivity index (χ4n) is 2.29. The normalized spacial score (nSPS) is 11.8. The molecule has 0 bridgehead atoms. The third-order valence-corrected chi connectivity index (χ3v) is 3.77. The lowest BCUT2D eigenvalue weighted by Crippen LogP contribution is -2.44. The van der Waals surface area contributed by atoms with Crippen LogP contribution in [0.15, 0.2) is 18.2 Å². The van der Waals surface area contributed by atoms with Crippen LogP contribution in [0.2, 0.25) is 0 Å². The standard InChI is InChI=1S/C17H21N3O4/c1-5-18-17(23)20-15(21)11(4)24-16(22)12-6-7-14-13(8-12)9(2)10(3)19-14/h6-8,11,19H,5H2,1-4H3,(H2,18,20,21,23). The van der Waals surface area contributed by atoms with Gasteiger partial charge in [0, 0.05) is 23.1 Å². The van der Waals surface area contributed by atoms with E-state index in [1.54, 1.807) is 25.1 Å². The van der Waals surface area contributed by atoms with E-state index in [0.29, 0.717) is 12.1 Å². The van der Waals surface area contributed by atoms with Gasteiger partial charge in [-0.1, -0.05) is 0 Å². The SMILES string of the molecule is CCNC(=O)NC(=O)C(C)OC(=O)c1ccc2[nH]c(C)c(C)c2c1. The number of urea groups is 1. The molecule has 128 valence electrons. The van der Waals surface area contributed by atoms with Gasteiger partial charge >= 0.3 is 12.0 Å². The first-order valence-electron chi connectivity index (χ1n) is 7.72. The molecule has 2 rings (SSSR count). The van der Waals surface area contributed by atoms with Gasteiger partial charge in [-0.3, -0.25) is 10.1 Å². The van der Waals surface area contributed by atoms with E-state index in [0.717, 1.165) is 22.2 Å². The Bertz CT molecular complexity index is 794. The Kier molecular flexibility index (Phi) is 5.23. The molecule has 0 saturated carbocycles. The Hall–Kier alpha value is -2.83. The molecular formula is C17H21N3O4. The zero-order chi connectivity index (χ0) is 17.9. The number of fused-ring (bicyclic) bond motifs is 1. The van der Waals surface area contributed by atoms with E-state index >= 15 is 0 Å². The first-order chi connectivity index (χ1) is 11.3. The zero-order valence-electron chi connectivity index (χ0n) is 14.1. The average molecular weight is 331 g/mol. The second-order valence-electron chi connectivity index (χ2n) is 5.53. The average Bonchev–Trinajstić information content (AvgIpc) is 2.81. The van der Waals surface area contributed by atoms with Crippen LogP contribution >= 0.6 is 0 Å². The zero-order valence-corrected chi connectivity index (χ0v) is 14.1. The summed E-state index contributed by atoms with van der Waals surface area (Å²) in [7, 11) is 0. The van der Waals surface area contributed by atoms with Crippen molar-refractivity contribution in [1.82, 2.24) is 15.6 Å². The number of imide groups is 1. The molecule has 1 heterocycles. The topological polar surface area (TPSA) is 100 Å². The molecule has 3 N–H and O–H groups in total. The van der Waals surface area contributed by atoms with E-state index in [9.17, 15) is 14.4 Å². The maximum atomic E-state index is 12.2. The Morgan fingerprint density at radius 3 is 2.62 bits per heavy atom. The van der Waals surface area contributed by atoms with E-state index in [4.69, 9.17) is 4.74 Å². The molecule has 7 nitrogen and oxygen atoms in total. The number of carbonyl (C=O) groups is 3. The van der Waals surface area contributed by atoms with Crippen LogP contribution in [0.1, 0.15) is 35.5 Å². The van der Waals surface area contributed by atoms with Crippen molar-refractivity contribution < 1.29 is 19.1 Å². The summed E-state index contributed by atoms with van der Waals surface area (Å²) in [5.41, 5.74) is 3.37. The molecule has 2 aromatic rings. The van der Waals surface area contributed by atoms with Crippen LogP contribution in [0, 0.1) is 13.8 Å².